The molecule has 41 heavy (non-hydrogen) atoms. The van der Waals surface area contributed by atoms with Gasteiger partial charge >= 0.3 is 0 Å². The Morgan fingerprint density at radius 2 is 1.05 bits per heavy atom. The van der Waals surface area contributed by atoms with E-state index < -0.39 is 0 Å². The maximum Gasteiger partial charge on any atom is 0.0467 e. The Bertz CT molecular complexity index is 1740. The lowest BCUT2D eigenvalue weighted by atomic mass is 9.76. The molecule has 5 aromatic carbocycles. The van der Waals surface area contributed by atoms with Crippen LogP contribution in [0.2, 0.25) is 0 Å². The molecule has 0 spiro atoms. The van der Waals surface area contributed by atoms with Gasteiger partial charge in [0.2, 0.25) is 0 Å². The van der Waals surface area contributed by atoms with Crippen molar-refractivity contribution in [1.82, 2.24) is 4.98 Å². The molecule has 0 unspecified atom stereocenters. The minimum Gasteiger partial charge on any atom is -0.310 e. The number of nitrogens with zero attached hydrogens (tertiary/aromatic N) is 2. The van der Waals surface area contributed by atoms with Crippen LogP contribution in [-0.2, 0) is 5.41 Å². The number of hydrogen-bond acceptors (Lipinski definition) is 2. The van der Waals surface area contributed by atoms with Crippen LogP contribution in [0.3, 0.4) is 0 Å². The molecular weight excluding hydrogens is 496 g/mol. The molecule has 0 saturated carbocycles. The molecule has 1 aromatic heterocycles. The quantitative estimate of drug-likeness (QED) is 0.204. The van der Waals surface area contributed by atoms with E-state index in [1.54, 1.807) is 0 Å². The number of aromatic nitrogens is 1. The van der Waals surface area contributed by atoms with Gasteiger partial charge in [0.05, 0.1) is 0 Å². The fraction of sp³-hybridized carbons (Fsp3) is 0.103. The first kappa shape index (κ1) is 26.3. The molecular formula is C39H34N2. The molecule has 0 aliphatic rings. The average Bonchev–Trinajstić information content (AvgIpc) is 3.04. The van der Waals surface area contributed by atoms with E-state index in [-0.39, 0.29) is 5.41 Å². The molecule has 6 rings (SSSR count). The number of rotatable bonds is 7. The number of hydrogen-bond donors (Lipinski definition) is 0. The first-order valence-electron chi connectivity index (χ1n) is 14.1. The van der Waals surface area contributed by atoms with Crippen LogP contribution in [0.1, 0.15) is 30.5 Å². The molecule has 0 saturated heterocycles. The predicted octanol–water partition coefficient (Wildman–Crippen LogP) is 10.5. The highest BCUT2D eigenvalue weighted by Crippen LogP contribution is 2.41. The SMILES string of the molecule is Cc1ccc(N(c2ccc(-c3ccccc3)cc2)c2cccc(-c3ccncc3)c2)cc1C(C)(C)c1ccccc1. The molecule has 2 nitrogen and oxygen atoms in total. The summed E-state index contributed by atoms with van der Waals surface area (Å²) in [5, 5.41) is 0. The minimum absolute atomic E-state index is 0.150. The third kappa shape index (κ3) is 5.42. The summed E-state index contributed by atoms with van der Waals surface area (Å²) in [6, 6.07) is 50.0. The van der Waals surface area contributed by atoms with Crippen LogP contribution in [0, 0.1) is 6.92 Å². The Morgan fingerprint density at radius 3 is 1.76 bits per heavy atom. The van der Waals surface area contributed by atoms with Crippen molar-refractivity contribution in [1.29, 1.82) is 0 Å². The number of pyridine rings is 1. The zero-order valence-electron chi connectivity index (χ0n) is 23.8. The molecule has 0 aliphatic carbocycles. The van der Waals surface area contributed by atoms with Gasteiger partial charge in [-0.05, 0) is 94.4 Å². The fourth-order valence-corrected chi connectivity index (χ4v) is 5.68. The van der Waals surface area contributed by atoms with Gasteiger partial charge in [0.15, 0.2) is 0 Å². The highest BCUT2D eigenvalue weighted by molar-refractivity contribution is 5.81. The predicted molar refractivity (Wildman–Crippen MR) is 173 cm³/mol. The van der Waals surface area contributed by atoms with Gasteiger partial charge in [-0.1, -0.05) is 105 Å². The summed E-state index contributed by atoms with van der Waals surface area (Å²) in [6.45, 7) is 6.85. The van der Waals surface area contributed by atoms with E-state index in [0.717, 1.165) is 28.2 Å². The standard InChI is InChI=1S/C39H34N2/c1-29-17-20-37(28-38(29)39(2,3)34-14-8-5-9-15-34)41(35-21-18-31(19-22-35)30-11-6-4-7-12-30)36-16-10-13-33(27-36)32-23-25-40-26-24-32/h4-28H,1-3H3. The van der Waals surface area contributed by atoms with Crippen molar-refractivity contribution in [3.8, 4) is 22.3 Å². The van der Waals surface area contributed by atoms with Crippen LogP contribution in [0.4, 0.5) is 17.1 Å². The van der Waals surface area contributed by atoms with Crippen molar-refractivity contribution in [2.24, 2.45) is 0 Å². The van der Waals surface area contributed by atoms with Gasteiger partial charge in [-0.2, -0.15) is 0 Å². The van der Waals surface area contributed by atoms with Gasteiger partial charge in [-0.15, -0.1) is 0 Å². The third-order valence-corrected chi connectivity index (χ3v) is 8.00. The van der Waals surface area contributed by atoms with E-state index in [1.807, 2.05) is 12.4 Å². The Hall–Kier alpha value is -4.95. The molecule has 0 radical (unpaired) electrons. The van der Waals surface area contributed by atoms with E-state index in [4.69, 9.17) is 0 Å². The van der Waals surface area contributed by atoms with Crippen LogP contribution in [0.25, 0.3) is 22.3 Å². The maximum atomic E-state index is 4.21. The summed E-state index contributed by atoms with van der Waals surface area (Å²) in [4.78, 5) is 6.58. The summed E-state index contributed by atoms with van der Waals surface area (Å²) in [7, 11) is 0. The number of benzene rings is 5. The normalized spacial score (nSPS) is 11.3. The molecule has 0 fully saturated rings. The summed E-state index contributed by atoms with van der Waals surface area (Å²) < 4.78 is 0. The Kier molecular flexibility index (Phi) is 7.22. The maximum absolute atomic E-state index is 4.21. The Labute approximate surface area is 243 Å². The van der Waals surface area contributed by atoms with E-state index in [1.165, 1.54) is 27.8 Å². The Morgan fingerprint density at radius 1 is 0.488 bits per heavy atom. The van der Waals surface area contributed by atoms with E-state index in [0.29, 0.717) is 0 Å². The summed E-state index contributed by atoms with van der Waals surface area (Å²) >= 11 is 0. The van der Waals surface area contributed by atoms with E-state index in [9.17, 15) is 0 Å². The minimum atomic E-state index is -0.150. The molecule has 6 aromatic rings. The number of anilines is 3. The topological polar surface area (TPSA) is 16.1 Å². The molecule has 0 bridgehead atoms. The monoisotopic (exact) mass is 530 g/mol. The zero-order valence-corrected chi connectivity index (χ0v) is 23.8. The van der Waals surface area contributed by atoms with Gasteiger partial charge in [-0.25, -0.2) is 0 Å². The summed E-state index contributed by atoms with van der Waals surface area (Å²) in [5.41, 5.74) is 11.8. The van der Waals surface area contributed by atoms with Crippen molar-refractivity contribution < 1.29 is 0 Å². The second kappa shape index (κ2) is 11.3. The van der Waals surface area contributed by atoms with Crippen molar-refractivity contribution >= 4 is 17.1 Å². The Balaban J connectivity index is 1.49. The first-order valence-corrected chi connectivity index (χ1v) is 14.1. The molecule has 2 heteroatoms. The molecule has 200 valence electrons. The fourth-order valence-electron chi connectivity index (χ4n) is 5.68. The third-order valence-electron chi connectivity index (χ3n) is 8.00. The van der Waals surface area contributed by atoms with Crippen LogP contribution in [0.15, 0.2) is 152 Å². The first-order chi connectivity index (χ1) is 20.0. The second-order valence-electron chi connectivity index (χ2n) is 11.0. The van der Waals surface area contributed by atoms with Gasteiger partial charge in [-0.3, -0.25) is 4.98 Å². The lowest BCUT2D eigenvalue weighted by Crippen LogP contribution is -2.21. The lowest BCUT2D eigenvalue weighted by molar-refractivity contribution is 0.636. The molecule has 0 aliphatic heterocycles. The van der Waals surface area contributed by atoms with Gasteiger partial charge < -0.3 is 4.90 Å². The smallest absolute Gasteiger partial charge is 0.0467 e. The van der Waals surface area contributed by atoms with Gasteiger partial charge in [0.25, 0.3) is 0 Å². The largest absolute Gasteiger partial charge is 0.310 e. The lowest BCUT2D eigenvalue weighted by Gasteiger charge is -2.31. The highest BCUT2D eigenvalue weighted by atomic mass is 15.1. The second-order valence-corrected chi connectivity index (χ2v) is 11.0. The molecule has 0 N–H and O–H groups in total. The molecule has 0 amide bonds. The van der Waals surface area contributed by atoms with Crippen LogP contribution in [-0.4, -0.2) is 4.98 Å². The van der Waals surface area contributed by atoms with Crippen LogP contribution < -0.4 is 4.90 Å². The highest BCUT2D eigenvalue weighted by Gasteiger charge is 2.26. The molecule has 0 atom stereocenters. The van der Waals surface area contributed by atoms with Crippen molar-refractivity contribution in [2.75, 3.05) is 4.90 Å². The van der Waals surface area contributed by atoms with E-state index >= 15 is 0 Å². The zero-order chi connectivity index (χ0) is 28.2. The average molecular weight is 531 g/mol. The van der Waals surface area contributed by atoms with Crippen molar-refractivity contribution in [3.63, 3.8) is 0 Å². The summed E-state index contributed by atoms with van der Waals surface area (Å²) in [6.07, 6.45) is 3.69. The van der Waals surface area contributed by atoms with Gasteiger partial charge in [0.1, 0.15) is 0 Å². The number of aryl methyl sites for hydroxylation is 1. The van der Waals surface area contributed by atoms with E-state index in [2.05, 4.69) is 170 Å². The van der Waals surface area contributed by atoms with Crippen LogP contribution >= 0.6 is 0 Å². The summed E-state index contributed by atoms with van der Waals surface area (Å²) in [5.74, 6) is 0. The van der Waals surface area contributed by atoms with Gasteiger partial charge in [0, 0.05) is 34.9 Å². The van der Waals surface area contributed by atoms with Crippen molar-refractivity contribution in [2.45, 2.75) is 26.2 Å². The van der Waals surface area contributed by atoms with Crippen molar-refractivity contribution in [3.05, 3.63) is 169 Å². The molecule has 1 heterocycles. The van der Waals surface area contributed by atoms with Crippen LogP contribution in [0.5, 0.6) is 0 Å².